The van der Waals surface area contributed by atoms with E-state index in [0.717, 1.165) is 6.07 Å². The largest absolute Gasteiger partial charge is 0.481 e. The molecule has 0 radical (unpaired) electrons. The van der Waals surface area contributed by atoms with Crippen LogP contribution in [0.4, 0.5) is 10.1 Å². The molecule has 1 atom stereocenters. The fourth-order valence-electron chi connectivity index (χ4n) is 1.91. The molecule has 2 aromatic rings. The molecule has 23 heavy (non-hydrogen) atoms. The van der Waals surface area contributed by atoms with Gasteiger partial charge in [0.05, 0.1) is 12.2 Å². The van der Waals surface area contributed by atoms with Crippen LogP contribution in [-0.2, 0) is 11.4 Å². The maximum atomic E-state index is 13.2. The monoisotopic (exact) mass is 314 g/mol. The first-order chi connectivity index (χ1) is 11.0. The van der Waals surface area contributed by atoms with Gasteiger partial charge in [0, 0.05) is 5.69 Å². The highest BCUT2D eigenvalue weighted by Gasteiger charge is 2.15. The van der Waals surface area contributed by atoms with Crippen LogP contribution in [0.15, 0.2) is 42.5 Å². The molecule has 0 fully saturated rings. The lowest BCUT2D eigenvalue weighted by atomic mass is 10.2. The van der Waals surface area contributed by atoms with Gasteiger partial charge in [-0.15, -0.1) is 0 Å². The van der Waals surface area contributed by atoms with E-state index in [2.05, 4.69) is 5.32 Å². The molecule has 118 valence electrons. The Hall–Kier alpha value is -2.91. The molecule has 0 aliphatic carbocycles. The van der Waals surface area contributed by atoms with Crippen molar-refractivity contribution in [3.63, 3.8) is 0 Å². The minimum absolute atomic E-state index is 0.121. The predicted octanol–water partition coefficient (Wildman–Crippen LogP) is 2.60. The summed E-state index contributed by atoms with van der Waals surface area (Å²) in [6.45, 7) is 1.44. The molecule has 5 nitrogen and oxygen atoms in total. The quantitative estimate of drug-likeness (QED) is 0.888. The summed E-state index contributed by atoms with van der Waals surface area (Å²) in [7, 11) is 0. The van der Waals surface area contributed by atoms with Crippen molar-refractivity contribution in [3.8, 4) is 11.8 Å². The van der Waals surface area contributed by atoms with E-state index in [-0.39, 0.29) is 12.2 Å². The molecule has 2 N–H and O–H groups in total. The van der Waals surface area contributed by atoms with Gasteiger partial charge in [-0.3, -0.25) is 4.79 Å². The van der Waals surface area contributed by atoms with Crippen LogP contribution < -0.4 is 10.1 Å². The third-order valence-electron chi connectivity index (χ3n) is 3.12. The Morgan fingerprint density at radius 3 is 2.87 bits per heavy atom. The van der Waals surface area contributed by atoms with Crippen molar-refractivity contribution < 1.29 is 19.0 Å². The number of anilines is 1. The smallest absolute Gasteiger partial charge is 0.265 e. The van der Waals surface area contributed by atoms with Gasteiger partial charge in [-0.1, -0.05) is 12.1 Å². The molecule has 0 aliphatic rings. The van der Waals surface area contributed by atoms with Gasteiger partial charge in [0.2, 0.25) is 0 Å². The second-order valence-electron chi connectivity index (χ2n) is 4.86. The topological polar surface area (TPSA) is 82.3 Å². The maximum absolute atomic E-state index is 13.2. The molecular formula is C17H15FN2O3. The fourth-order valence-corrected chi connectivity index (χ4v) is 1.91. The number of hydrogen-bond acceptors (Lipinski definition) is 4. The predicted molar refractivity (Wildman–Crippen MR) is 82.2 cm³/mol. The highest BCUT2D eigenvalue weighted by molar-refractivity contribution is 5.94. The van der Waals surface area contributed by atoms with Crippen LogP contribution in [0.5, 0.6) is 5.75 Å². The highest BCUT2D eigenvalue weighted by atomic mass is 19.1. The number of halogens is 1. The number of rotatable bonds is 5. The Morgan fingerprint density at radius 2 is 2.17 bits per heavy atom. The van der Waals surface area contributed by atoms with E-state index >= 15 is 0 Å². The van der Waals surface area contributed by atoms with Gasteiger partial charge in [0.25, 0.3) is 5.91 Å². The number of carbonyl (C=O) groups is 1. The van der Waals surface area contributed by atoms with Crippen LogP contribution >= 0.6 is 0 Å². The van der Waals surface area contributed by atoms with Crippen LogP contribution in [0.2, 0.25) is 0 Å². The summed E-state index contributed by atoms with van der Waals surface area (Å²) in [5.41, 5.74) is 0.840. The van der Waals surface area contributed by atoms with Crippen LogP contribution in [-0.4, -0.2) is 17.1 Å². The maximum Gasteiger partial charge on any atom is 0.265 e. The number of aliphatic hydroxyl groups excluding tert-OH is 1. The average Bonchev–Trinajstić information content (AvgIpc) is 2.56. The Labute approximate surface area is 132 Å². The number of carbonyl (C=O) groups excluding carboxylic acids is 1. The van der Waals surface area contributed by atoms with Gasteiger partial charge in [-0.05, 0) is 42.8 Å². The average molecular weight is 314 g/mol. The molecule has 1 unspecified atom stereocenters. The zero-order valence-corrected chi connectivity index (χ0v) is 12.4. The number of hydrogen-bond donors (Lipinski definition) is 2. The zero-order chi connectivity index (χ0) is 16.8. The van der Waals surface area contributed by atoms with Crippen molar-refractivity contribution in [1.82, 2.24) is 0 Å². The summed E-state index contributed by atoms with van der Waals surface area (Å²) in [5, 5.41) is 20.4. The van der Waals surface area contributed by atoms with Crippen LogP contribution in [0.1, 0.15) is 18.1 Å². The van der Waals surface area contributed by atoms with Crippen molar-refractivity contribution in [1.29, 1.82) is 5.26 Å². The Morgan fingerprint density at radius 1 is 1.39 bits per heavy atom. The number of benzene rings is 2. The Kier molecular flexibility index (Phi) is 5.28. The van der Waals surface area contributed by atoms with E-state index in [1.807, 2.05) is 0 Å². The number of nitrogens with zero attached hydrogens (tertiary/aromatic N) is 1. The van der Waals surface area contributed by atoms with Crippen molar-refractivity contribution in [2.24, 2.45) is 0 Å². The molecule has 6 heteroatoms. The van der Waals surface area contributed by atoms with Crippen LogP contribution in [0, 0.1) is 17.1 Å². The normalized spacial score (nSPS) is 11.4. The molecule has 0 aromatic heterocycles. The SMILES string of the molecule is CC(Oc1cccc(CO)c1)C(=O)Nc1ccc(F)c(C#N)c1. The molecule has 0 saturated heterocycles. The van der Waals surface area contributed by atoms with E-state index in [0.29, 0.717) is 17.0 Å². The minimum Gasteiger partial charge on any atom is -0.481 e. The van der Waals surface area contributed by atoms with Gasteiger partial charge in [0.1, 0.15) is 17.6 Å². The van der Waals surface area contributed by atoms with Gasteiger partial charge >= 0.3 is 0 Å². The van der Waals surface area contributed by atoms with Crippen molar-refractivity contribution in [2.45, 2.75) is 19.6 Å². The molecular weight excluding hydrogens is 299 g/mol. The summed E-state index contributed by atoms with van der Waals surface area (Å²) < 4.78 is 18.8. The summed E-state index contributed by atoms with van der Waals surface area (Å²) in [5.74, 6) is -0.624. The van der Waals surface area contributed by atoms with Crippen LogP contribution in [0.25, 0.3) is 0 Å². The Bertz CT molecular complexity index is 756. The number of aliphatic hydroxyl groups is 1. The van der Waals surface area contributed by atoms with Crippen molar-refractivity contribution >= 4 is 11.6 Å². The molecule has 1 amide bonds. The van der Waals surface area contributed by atoms with Gasteiger partial charge < -0.3 is 15.2 Å². The van der Waals surface area contributed by atoms with E-state index in [1.54, 1.807) is 37.3 Å². The molecule has 0 spiro atoms. The first-order valence-electron chi connectivity index (χ1n) is 6.90. The summed E-state index contributed by atoms with van der Waals surface area (Å²) >= 11 is 0. The number of nitriles is 1. The van der Waals surface area contributed by atoms with E-state index < -0.39 is 17.8 Å². The molecule has 2 rings (SSSR count). The first kappa shape index (κ1) is 16.5. The third kappa shape index (κ3) is 4.28. The second kappa shape index (κ2) is 7.38. The van der Waals surface area contributed by atoms with Crippen molar-refractivity contribution in [2.75, 3.05) is 5.32 Å². The minimum atomic E-state index is -0.806. The molecule has 0 saturated carbocycles. The molecule has 2 aromatic carbocycles. The molecule has 0 heterocycles. The molecule has 0 aliphatic heterocycles. The summed E-state index contributed by atoms with van der Waals surface area (Å²) in [6, 6.07) is 12.2. The first-order valence-corrected chi connectivity index (χ1v) is 6.90. The highest BCUT2D eigenvalue weighted by Crippen LogP contribution is 2.17. The Balaban J connectivity index is 2.04. The lowest BCUT2D eigenvalue weighted by Gasteiger charge is -2.15. The van der Waals surface area contributed by atoms with Crippen LogP contribution in [0.3, 0.4) is 0 Å². The van der Waals surface area contributed by atoms with Gasteiger partial charge in [-0.25, -0.2) is 4.39 Å². The lowest BCUT2D eigenvalue weighted by Crippen LogP contribution is -2.30. The lowest BCUT2D eigenvalue weighted by molar-refractivity contribution is -0.122. The van der Waals surface area contributed by atoms with E-state index in [9.17, 15) is 9.18 Å². The van der Waals surface area contributed by atoms with E-state index in [4.69, 9.17) is 15.1 Å². The second-order valence-corrected chi connectivity index (χ2v) is 4.86. The number of ether oxygens (including phenoxy) is 1. The summed E-state index contributed by atoms with van der Waals surface area (Å²) in [6.07, 6.45) is -0.806. The van der Waals surface area contributed by atoms with Gasteiger partial charge in [-0.2, -0.15) is 5.26 Å². The zero-order valence-electron chi connectivity index (χ0n) is 12.4. The molecule has 0 bridgehead atoms. The van der Waals surface area contributed by atoms with Gasteiger partial charge in [0.15, 0.2) is 6.10 Å². The number of nitrogens with one attached hydrogen (secondary N) is 1. The fraction of sp³-hybridized carbons (Fsp3) is 0.176. The number of amides is 1. The van der Waals surface area contributed by atoms with E-state index in [1.165, 1.54) is 12.1 Å². The van der Waals surface area contributed by atoms with Crippen molar-refractivity contribution in [3.05, 3.63) is 59.4 Å². The third-order valence-corrected chi connectivity index (χ3v) is 3.12. The standard InChI is InChI=1S/C17H15FN2O3/c1-11(23-15-4-2-3-12(7-15)10-21)17(22)20-14-5-6-16(18)13(8-14)9-19/h2-8,11,21H,10H2,1H3,(H,20,22). The summed E-state index contributed by atoms with van der Waals surface area (Å²) in [4.78, 5) is 12.1.